The van der Waals surface area contributed by atoms with Crippen LogP contribution >= 0.6 is 0 Å². The van der Waals surface area contributed by atoms with E-state index in [1.54, 1.807) is 10.6 Å². The van der Waals surface area contributed by atoms with Crippen LogP contribution in [-0.2, 0) is 0 Å². The second-order valence-electron chi connectivity index (χ2n) is 7.76. The molecule has 4 aromatic rings. The number of aromatic nitrogens is 4. The molecule has 0 saturated heterocycles. The van der Waals surface area contributed by atoms with Crippen LogP contribution in [0.1, 0.15) is 35.5 Å². The van der Waals surface area contributed by atoms with Crippen molar-refractivity contribution >= 4 is 23.3 Å². The molecule has 0 aliphatic heterocycles. The Balaban J connectivity index is 1.57. The molecule has 3 aromatic heterocycles. The number of hydrogen-bond acceptors (Lipinski definition) is 6. The van der Waals surface area contributed by atoms with Crippen molar-refractivity contribution < 1.29 is 9.32 Å². The molecule has 8 heteroatoms. The molecular formula is C22H24N6O2. The Bertz CT molecular complexity index is 1210. The highest BCUT2D eigenvalue weighted by atomic mass is 16.5. The molecule has 0 spiro atoms. The molecule has 0 radical (unpaired) electrons. The van der Waals surface area contributed by atoms with E-state index < -0.39 is 0 Å². The lowest BCUT2D eigenvalue weighted by Gasteiger charge is -2.09. The smallest absolute Gasteiger partial charge is 0.321 e. The first-order chi connectivity index (χ1) is 14.4. The van der Waals surface area contributed by atoms with Gasteiger partial charge in [-0.2, -0.15) is 4.98 Å². The molecule has 8 nitrogen and oxygen atoms in total. The van der Waals surface area contributed by atoms with Crippen molar-refractivity contribution in [1.82, 2.24) is 19.5 Å². The molecule has 4 rings (SSSR count). The molecule has 2 N–H and O–H groups in total. The third-order valence-electron chi connectivity index (χ3n) is 4.73. The Hall–Kier alpha value is -3.68. The number of pyridine rings is 1. The van der Waals surface area contributed by atoms with E-state index in [4.69, 9.17) is 4.52 Å². The highest BCUT2D eigenvalue weighted by Gasteiger charge is 2.15. The summed E-state index contributed by atoms with van der Waals surface area (Å²) in [4.78, 5) is 21.6. The quantitative estimate of drug-likeness (QED) is 0.497. The zero-order chi connectivity index (χ0) is 21.3. The number of fused-ring (bicyclic) bond motifs is 1. The van der Waals surface area contributed by atoms with Gasteiger partial charge in [0.25, 0.3) is 5.91 Å². The summed E-state index contributed by atoms with van der Waals surface area (Å²) in [6.45, 7) is 8.87. The molecule has 0 aliphatic rings. The van der Waals surface area contributed by atoms with Crippen LogP contribution in [0.3, 0.4) is 0 Å². The van der Waals surface area contributed by atoms with Gasteiger partial charge in [-0.1, -0.05) is 31.1 Å². The minimum Gasteiger partial charge on any atom is -0.337 e. The van der Waals surface area contributed by atoms with Gasteiger partial charge >= 0.3 is 6.01 Å². The van der Waals surface area contributed by atoms with Gasteiger partial charge in [0.05, 0.1) is 6.20 Å². The van der Waals surface area contributed by atoms with Crippen LogP contribution in [0.5, 0.6) is 0 Å². The summed E-state index contributed by atoms with van der Waals surface area (Å²) >= 11 is 0. The van der Waals surface area contributed by atoms with Crippen LogP contribution in [0, 0.1) is 19.8 Å². The molecule has 0 atom stereocenters. The molecule has 3 heterocycles. The number of anilines is 2. The number of amides is 1. The number of carbonyl (C=O) groups excluding carboxylic acids is 1. The van der Waals surface area contributed by atoms with Crippen LogP contribution in [-0.4, -0.2) is 32.0 Å². The summed E-state index contributed by atoms with van der Waals surface area (Å²) < 4.78 is 7.04. The normalized spacial score (nSPS) is 11.2. The first-order valence-corrected chi connectivity index (χ1v) is 9.84. The van der Waals surface area contributed by atoms with Crippen molar-refractivity contribution in [2.75, 3.05) is 17.2 Å². The van der Waals surface area contributed by atoms with Gasteiger partial charge in [0.15, 0.2) is 0 Å². The number of imidazole rings is 1. The molecule has 0 saturated carbocycles. The zero-order valence-electron chi connectivity index (χ0n) is 17.4. The second-order valence-corrected chi connectivity index (χ2v) is 7.76. The highest BCUT2D eigenvalue weighted by Crippen LogP contribution is 2.25. The predicted molar refractivity (Wildman–Crippen MR) is 116 cm³/mol. The SMILES string of the molecule is Cc1ccn2c(C(=O)Nc3cc(-c4noc(NCC(C)C)n4)ccc3C)cnc2c1. The Morgan fingerprint density at radius 1 is 1.20 bits per heavy atom. The monoisotopic (exact) mass is 404 g/mol. The van der Waals surface area contributed by atoms with Crippen molar-refractivity contribution in [3.8, 4) is 11.4 Å². The van der Waals surface area contributed by atoms with E-state index in [0.29, 0.717) is 29.1 Å². The fraction of sp³-hybridized carbons (Fsp3) is 0.273. The van der Waals surface area contributed by atoms with E-state index in [-0.39, 0.29) is 5.91 Å². The largest absolute Gasteiger partial charge is 0.337 e. The van der Waals surface area contributed by atoms with Crippen molar-refractivity contribution in [2.24, 2.45) is 5.92 Å². The third kappa shape index (κ3) is 4.03. The molecule has 0 unspecified atom stereocenters. The van der Waals surface area contributed by atoms with Crippen molar-refractivity contribution in [1.29, 1.82) is 0 Å². The lowest BCUT2D eigenvalue weighted by atomic mass is 10.1. The summed E-state index contributed by atoms with van der Waals surface area (Å²) in [5, 5.41) is 10.1. The van der Waals surface area contributed by atoms with Gasteiger partial charge in [0.1, 0.15) is 11.3 Å². The van der Waals surface area contributed by atoms with Gasteiger partial charge in [0, 0.05) is 24.0 Å². The fourth-order valence-corrected chi connectivity index (χ4v) is 3.04. The first-order valence-electron chi connectivity index (χ1n) is 9.84. The van der Waals surface area contributed by atoms with Crippen LogP contribution in [0.2, 0.25) is 0 Å². The second kappa shape index (κ2) is 7.98. The van der Waals surface area contributed by atoms with Crippen LogP contribution in [0.4, 0.5) is 11.7 Å². The molecule has 30 heavy (non-hydrogen) atoms. The molecule has 0 fully saturated rings. The standard InChI is InChI=1S/C22H24N6O2/c1-13(2)11-24-22-26-20(27-30-22)16-6-5-15(4)17(10-16)25-21(29)18-12-23-19-9-14(3)7-8-28(18)19/h5-10,12-13H,11H2,1-4H3,(H,25,29)(H,24,26,27). The van der Waals surface area contributed by atoms with E-state index in [1.807, 2.05) is 50.4 Å². The fourth-order valence-electron chi connectivity index (χ4n) is 3.04. The number of benzene rings is 1. The minimum absolute atomic E-state index is 0.237. The average molecular weight is 404 g/mol. The number of hydrogen-bond donors (Lipinski definition) is 2. The Labute approximate surface area is 174 Å². The molecule has 1 amide bonds. The summed E-state index contributed by atoms with van der Waals surface area (Å²) in [6, 6.07) is 9.92. The van der Waals surface area contributed by atoms with E-state index in [1.165, 1.54) is 0 Å². The minimum atomic E-state index is -0.237. The number of carbonyl (C=O) groups is 1. The van der Waals surface area contributed by atoms with Gasteiger partial charge < -0.3 is 15.2 Å². The van der Waals surface area contributed by atoms with Gasteiger partial charge in [-0.25, -0.2) is 4.98 Å². The molecule has 1 aromatic carbocycles. The van der Waals surface area contributed by atoms with E-state index >= 15 is 0 Å². The van der Waals surface area contributed by atoms with Crippen LogP contribution in [0.15, 0.2) is 47.2 Å². The number of aryl methyl sites for hydroxylation is 2. The lowest BCUT2D eigenvalue weighted by Crippen LogP contribution is -2.15. The number of nitrogens with zero attached hydrogens (tertiary/aromatic N) is 4. The van der Waals surface area contributed by atoms with E-state index in [9.17, 15) is 4.79 Å². The van der Waals surface area contributed by atoms with Gasteiger partial charge in [-0.05, 0) is 49.1 Å². The number of rotatable bonds is 6. The Kier molecular flexibility index (Phi) is 5.22. The van der Waals surface area contributed by atoms with Gasteiger partial charge in [-0.15, -0.1) is 0 Å². The molecule has 0 bridgehead atoms. The van der Waals surface area contributed by atoms with E-state index in [0.717, 1.165) is 28.9 Å². The highest BCUT2D eigenvalue weighted by molar-refractivity contribution is 6.04. The average Bonchev–Trinajstić information content (AvgIpc) is 3.34. The number of nitrogens with one attached hydrogen (secondary N) is 2. The summed E-state index contributed by atoms with van der Waals surface area (Å²) in [6.07, 6.45) is 3.43. The zero-order valence-corrected chi connectivity index (χ0v) is 17.4. The van der Waals surface area contributed by atoms with Crippen LogP contribution < -0.4 is 10.6 Å². The summed E-state index contributed by atoms with van der Waals surface area (Å²) in [5.74, 6) is 0.686. The first kappa shape index (κ1) is 19.6. The maximum absolute atomic E-state index is 12.9. The van der Waals surface area contributed by atoms with E-state index in [2.05, 4.69) is 39.6 Å². The van der Waals surface area contributed by atoms with Crippen molar-refractivity contribution in [2.45, 2.75) is 27.7 Å². The van der Waals surface area contributed by atoms with Gasteiger partial charge in [0.2, 0.25) is 5.82 Å². The molecule has 154 valence electrons. The van der Waals surface area contributed by atoms with Crippen LogP contribution in [0.25, 0.3) is 17.0 Å². The maximum atomic E-state index is 12.9. The molecular weight excluding hydrogens is 380 g/mol. The van der Waals surface area contributed by atoms with Gasteiger partial charge in [-0.3, -0.25) is 9.20 Å². The van der Waals surface area contributed by atoms with Crippen molar-refractivity contribution in [3.05, 3.63) is 59.5 Å². The third-order valence-corrected chi connectivity index (χ3v) is 4.73. The molecule has 0 aliphatic carbocycles. The maximum Gasteiger partial charge on any atom is 0.321 e. The summed E-state index contributed by atoms with van der Waals surface area (Å²) in [5.41, 5.74) is 4.66. The Morgan fingerprint density at radius 3 is 2.83 bits per heavy atom. The summed E-state index contributed by atoms with van der Waals surface area (Å²) in [7, 11) is 0. The Morgan fingerprint density at radius 2 is 2.03 bits per heavy atom. The topological polar surface area (TPSA) is 97.3 Å². The predicted octanol–water partition coefficient (Wildman–Crippen LogP) is 4.32. The lowest BCUT2D eigenvalue weighted by molar-refractivity contribution is 0.102. The van der Waals surface area contributed by atoms with Crippen molar-refractivity contribution in [3.63, 3.8) is 0 Å².